The number of aliphatic imine (C=N–C) groups is 1. The minimum Gasteiger partial charge on any atom is -0.495 e. The number of para-hydroxylation sites is 2. The summed E-state index contributed by atoms with van der Waals surface area (Å²) in [5.74, 6) is 0.532. The van der Waals surface area contributed by atoms with Gasteiger partial charge in [0, 0.05) is 18.9 Å². The van der Waals surface area contributed by atoms with Gasteiger partial charge >= 0.3 is 6.03 Å². The number of methoxy groups -OCH3 is 1. The number of nitrogens with zero attached hydrogens (tertiary/aromatic N) is 5. The second kappa shape index (κ2) is 7.37. The molecule has 0 bridgehead atoms. The van der Waals surface area contributed by atoms with Crippen LogP contribution in [0.4, 0.5) is 14.9 Å². The van der Waals surface area contributed by atoms with Gasteiger partial charge in [-0.1, -0.05) is 24.3 Å². The third kappa shape index (κ3) is 2.92. The summed E-state index contributed by atoms with van der Waals surface area (Å²) in [6.07, 6.45) is 1.23. The highest BCUT2D eigenvalue weighted by molar-refractivity contribution is 6.10. The molecule has 0 saturated carbocycles. The van der Waals surface area contributed by atoms with Crippen molar-refractivity contribution in [3.63, 3.8) is 0 Å². The van der Waals surface area contributed by atoms with E-state index in [0.717, 1.165) is 11.4 Å². The number of hydrogen-bond acceptors (Lipinski definition) is 6. The van der Waals surface area contributed by atoms with Gasteiger partial charge in [-0.15, -0.1) is 0 Å². The summed E-state index contributed by atoms with van der Waals surface area (Å²) in [6, 6.07) is 12.2. The lowest BCUT2D eigenvalue weighted by molar-refractivity contribution is -0.137. The van der Waals surface area contributed by atoms with Crippen molar-refractivity contribution < 1.29 is 18.7 Å². The molecule has 0 radical (unpaired) electrons. The van der Waals surface area contributed by atoms with E-state index >= 15 is 0 Å². The largest absolute Gasteiger partial charge is 0.495 e. The number of guanidine groups is 1. The van der Waals surface area contributed by atoms with Crippen LogP contribution in [0.2, 0.25) is 0 Å². The summed E-state index contributed by atoms with van der Waals surface area (Å²) < 4.78 is 18.8. The molecule has 9 heteroatoms. The molecule has 0 aromatic heterocycles. The highest BCUT2D eigenvalue weighted by Crippen LogP contribution is 2.39. The maximum atomic E-state index is 13.5. The van der Waals surface area contributed by atoms with Gasteiger partial charge in [-0.3, -0.25) is 14.6 Å². The van der Waals surface area contributed by atoms with E-state index in [9.17, 15) is 14.0 Å². The zero-order valence-corrected chi connectivity index (χ0v) is 17.9. The number of amides is 3. The number of benzene rings is 2. The first kappa shape index (κ1) is 20.0. The van der Waals surface area contributed by atoms with Crippen LogP contribution in [0.25, 0.3) is 0 Å². The Bertz CT molecular complexity index is 1160. The van der Waals surface area contributed by atoms with Crippen LogP contribution < -0.4 is 9.64 Å². The quantitative estimate of drug-likeness (QED) is 0.739. The number of carbonyl (C=O) groups excluding carboxylic acids is 2. The zero-order valence-electron chi connectivity index (χ0n) is 17.9. The number of carbonyl (C=O) groups is 2. The van der Waals surface area contributed by atoms with Crippen LogP contribution in [0.1, 0.15) is 12.5 Å². The Morgan fingerprint density at radius 3 is 2.53 bits per heavy atom. The molecule has 0 N–H and O–H groups in total. The predicted octanol–water partition coefficient (Wildman–Crippen LogP) is 2.98. The monoisotopic (exact) mass is 435 g/mol. The van der Waals surface area contributed by atoms with Gasteiger partial charge in [-0.25, -0.2) is 14.2 Å². The van der Waals surface area contributed by atoms with Crippen molar-refractivity contribution in [2.24, 2.45) is 4.99 Å². The third-order valence-corrected chi connectivity index (χ3v) is 5.97. The number of likely N-dealkylation sites (N-methyl/N-ethyl adjacent to an activating group) is 1. The fourth-order valence-electron chi connectivity index (χ4n) is 4.38. The third-order valence-electron chi connectivity index (χ3n) is 5.97. The minimum atomic E-state index is -0.678. The Labute approximate surface area is 184 Å². The molecular weight excluding hydrogens is 413 g/mol. The molecule has 164 valence electrons. The lowest BCUT2D eigenvalue weighted by Gasteiger charge is -2.40. The van der Waals surface area contributed by atoms with Gasteiger partial charge in [0.15, 0.2) is 12.2 Å². The Morgan fingerprint density at radius 2 is 1.81 bits per heavy atom. The summed E-state index contributed by atoms with van der Waals surface area (Å²) in [5, 5.41) is 0. The van der Waals surface area contributed by atoms with Crippen molar-refractivity contribution in [2.75, 3.05) is 19.1 Å². The summed E-state index contributed by atoms with van der Waals surface area (Å²) in [6.45, 7) is 1.99. The number of urea groups is 1. The van der Waals surface area contributed by atoms with E-state index in [1.54, 1.807) is 26.3 Å². The van der Waals surface area contributed by atoms with E-state index in [4.69, 9.17) is 9.73 Å². The molecule has 2 unspecified atom stereocenters. The van der Waals surface area contributed by atoms with Crippen LogP contribution in [0.3, 0.4) is 0 Å². The van der Waals surface area contributed by atoms with E-state index in [2.05, 4.69) is 0 Å². The summed E-state index contributed by atoms with van der Waals surface area (Å²) in [4.78, 5) is 37.6. The van der Waals surface area contributed by atoms with Crippen LogP contribution in [0.15, 0.2) is 65.4 Å². The second-order valence-corrected chi connectivity index (χ2v) is 7.92. The van der Waals surface area contributed by atoms with Crippen LogP contribution in [0, 0.1) is 5.82 Å². The molecule has 1 saturated heterocycles. The number of ether oxygens (including phenoxy) is 1. The van der Waals surface area contributed by atoms with Crippen LogP contribution >= 0.6 is 0 Å². The number of anilines is 1. The van der Waals surface area contributed by atoms with Crippen molar-refractivity contribution in [3.8, 4) is 5.75 Å². The first-order chi connectivity index (χ1) is 15.4. The molecule has 3 aliphatic heterocycles. The van der Waals surface area contributed by atoms with Crippen molar-refractivity contribution in [1.29, 1.82) is 0 Å². The fraction of sp³-hybridized carbons (Fsp3) is 0.261. The van der Waals surface area contributed by atoms with Gasteiger partial charge < -0.3 is 14.5 Å². The topological polar surface area (TPSA) is 68.7 Å². The summed E-state index contributed by atoms with van der Waals surface area (Å²) in [5.41, 5.74) is 2.35. The van der Waals surface area contributed by atoms with Crippen molar-refractivity contribution >= 4 is 23.6 Å². The van der Waals surface area contributed by atoms with Crippen molar-refractivity contribution in [1.82, 2.24) is 14.7 Å². The van der Waals surface area contributed by atoms with E-state index < -0.39 is 18.2 Å². The summed E-state index contributed by atoms with van der Waals surface area (Å²) >= 11 is 0. The molecule has 0 spiro atoms. The lowest BCUT2D eigenvalue weighted by Crippen LogP contribution is -2.63. The molecule has 2 aromatic carbocycles. The number of fused-ring (bicyclic) bond motifs is 3. The highest BCUT2D eigenvalue weighted by Gasteiger charge is 2.54. The van der Waals surface area contributed by atoms with Gasteiger partial charge in [0.05, 0.1) is 19.3 Å². The molecule has 3 aliphatic rings. The van der Waals surface area contributed by atoms with E-state index in [0.29, 0.717) is 17.3 Å². The zero-order chi connectivity index (χ0) is 22.6. The van der Waals surface area contributed by atoms with Gasteiger partial charge in [-0.2, -0.15) is 0 Å². The molecule has 2 aromatic rings. The number of rotatable bonds is 4. The molecule has 1 fully saturated rings. The normalized spacial score (nSPS) is 22.1. The van der Waals surface area contributed by atoms with Crippen LogP contribution in [-0.2, 0) is 11.3 Å². The van der Waals surface area contributed by atoms with E-state index in [-0.39, 0.29) is 18.3 Å². The standard InChI is InChI=1S/C23H22FN5O3/c1-14-12-27-19-20(25-22(27)29(14)17-6-4-5-7-18(17)32-3)26(2)23(31)28(21(19)30)13-15-8-10-16(24)11-9-15/h4-12,19-20H,13H2,1-3H3. The first-order valence-corrected chi connectivity index (χ1v) is 10.2. The van der Waals surface area contributed by atoms with Gasteiger partial charge in [-0.05, 0) is 36.8 Å². The van der Waals surface area contributed by atoms with Gasteiger partial charge in [0.1, 0.15) is 11.6 Å². The Morgan fingerprint density at radius 1 is 1.09 bits per heavy atom. The number of hydrogen-bond donors (Lipinski definition) is 0. The summed E-state index contributed by atoms with van der Waals surface area (Å²) in [7, 11) is 3.24. The Kier molecular flexibility index (Phi) is 4.61. The minimum absolute atomic E-state index is 0.0631. The average molecular weight is 435 g/mol. The molecule has 8 nitrogen and oxygen atoms in total. The van der Waals surface area contributed by atoms with E-state index in [1.807, 2.05) is 47.2 Å². The van der Waals surface area contributed by atoms with E-state index in [1.165, 1.54) is 21.9 Å². The molecular formula is C23H22FN5O3. The van der Waals surface area contributed by atoms with Crippen LogP contribution in [0.5, 0.6) is 5.75 Å². The number of imide groups is 1. The molecule has 3 heterocycles. The molecule has 2 atom stereocenters. The Balaban J connectivity index is 1.48. The van der Waals surface area contributed by atoms with Gasteiger partial charge in [0.25, 0.3) is 5.91 Å². The smallest absolute Gasteiger partial charge is 0.328 e. The SMILES string of the molecule is COc1ccccc1N1C(C)=CN2C1=NC1C2C(=O)N(Cc2ccc(F)cc2)C(=O)N1C. The molecule has 0 aliphatic carbocycles. The highest BCUT2D eigenvalue weighted by atomic mass is 19.1. The fourth-order valence-corrected chi connectivity index (χ4v) is 4.38. The predicted molar refractivity (Wildman–Crippen MR) is 116 cm³/mol. The maximum absolute atomic E-state index is 13.5. The first-order valence-electron chi connectivity index (χ1n) is 10.2. The average Bonchev–Trinajstić information content (AvgIpc) is 3.31. The Hall–Kier alpha value is -3.88. The molecule has 5 rings (SSSR count). The maximum Gasteiger partial charge on any atom is 0.328 e. The molecule has 32 heavy (non-hydrogen) atoms. The van der Waals surface area contributed by atoms with Crippen LogP contribution in [-0.4, -0.2) is 59.0 Å². The second-order valence-electron chi connectivity index (χ2n) is 7.92. The van der Waals surface area contributed by atoms with Gasteiger partial charge in [0.2, 0.25) is 5.96 Å². The molecule has 3 amide bonds. The van der Waals surface area contributed by atoms with Crippen molar-refractivity contribution in [3.05, 3.63) is 71.8 Å². The lowest BCUT2D eigenvalue weighted by atomic mass is 10.1. The number of allylic oxidation sites excluding steroid dienone is 1. The van der Waals surface area contributed by atoms with Crippen molar-refractivity contribution in [2.45, 2.75) is 25.7 Å². The number of halogens is 1.